The molecule has 3 N–H and O–H groups in total. The van der Waals surface area contributed by atoms with Gasteiger partial charge in [0, 0.05) is 29.1 Å². The summed E-state index contributed by atoms with van der Waals surface area (Å²) in [4.78, 5) is 27.0. The number of nitrogens with two attached hydrogens (primary N) is 1. The van der Waals surface area contributed by atoms with Crippen molar-refractivity contribution >= 4 is 39.1 Å². The summed E-state index contributed by atoms with van der Waals surface area (Å²) in [6.07, 6.45) is 0.0565. The minimum absolute atomic E-state index is 0.0454. The molecule has 0 aliphatic carbocycles. The summed E-state index contributed by atoms with van der Waals surface area (Å²) in [5, 5.41) is 18.9. The van der Waals surface area contributed by atoms with Crippen molar-refractivity contribution in [3.8, 4) is 11.5 Å². The van der Waals surface area contributed by atoms with Crippen LogP contribution in [-0.4, -0.2) is 53.7 Å². The van der Waals surface area contributed by atoms with E-state index in [1.807, 2.05) is 6.92 Å². The van der Waals surface area contributed by atoms with Gasteiger partial charge in [-0.15, -0.1) is 10.2 Å². The van der Waals surface area contributed by atoms with E-state index in [0.29, 0.717) is 48.0 Å². The van der Waals surface area contributed by atoms with E-state index in [0.717, 1.165) is 5.41 Å². The van der Waals surface area contributed by atoms with E-state index < -0.39 is 32.9 Å². The molecule has 0 unspecified atom stereocenters. The zero-order valence-corrected chi connectivity index (χ0v) is 21.9. The lowest BCUT2D eigenvalue weighted by Gasteiger charge is -2.35. The van der Waals surface area contributed by atoms with E-state index in [-0.39, 0.29) is 23.0 Å². The van der Waals surface area contributed by atoms with Crippen molar-refractivity contribution in [1.82, 2.24) is 15.1 Å². The van der Waals surface area contributed by atoms with Crippen LogP contribution < -0.4 is 10.6 Å². The number of halogens is 1. The number of piperidine rings is 1. The molecule has 13 heteroatoms. The minimum atomic E-state index is -4.02. The predicted molar refractivity (Wildman–Crippen MR) is 138 cm³/mol. The Balaban J connectivity index is 1.52. The number of hydrogen-bond donors (Lipinski definition) is 2. The van der Waals surface area contributed by atoms with Crippen molar-refractivity contribution in [3.63, 3.8) is 0 Å². The largest absolute Gasteiger partial charge is 0.465 e. The lowest BCUT2D eigenvalue weighted by atomic mass is 9.80. The first-order valence-corrected chi connectivity index (χ1v) is 13.6. The summed E-state index contributed by atoms with van der Waals surface area (Å²) in [6, 6.07) is 11.2. The quantitative estimate of drug-likeness (QED) is 0.489. The number of benzene rings is 2. The number of likely N-dealkylation sites (tertiary alicyclic amines) is 1. The molecular formula is C25H24ClN5O6S. The zero-order chi connectivity index (χ0) is 27.2. The number of sulfone groups is 1. The Kier molecular flexibility index (Phi) is 6.40. The monoisotopic (exact) mass is 557 g/mol. The number of hydrogen-bond acceptors (Lipinski definition) is 8. The topological polar surface area (TPSA) is 160 Å². The molecular weight excluding hydrogens is 534 g/mol. The highest BCUT2D eigenvalue weighted by atomic mass is 35.5. The first kappa shape index (κ1) is 25.7. The number of amides is 2. The second-order valence-corrected chi connectivity index (χ2v) is 11.8. The van der Waals surface area contributed by atoms with Gasteiger partial charge < -0.3 is 25.1 Å². The van der Waals surface area contributed by atoms with Crippen molar-refractivity contribution in [1.29, 1.82) is 0 Å². The van der Waals surface area contributed by atoms with Gasteiger partial charge in [0.05, 0.1) is 22.5 Å². The maximum Gasteiger partial charge on any atom is 0.407 e. The first-order valence-electron chi connectivity index (χ1n) is 11.7. The molecule has 11 nitrogen and oxygen atoms in total. The summed E-state index contributed by atoms with van der Waals surface area (Å²) in [5.41, 5.74) is 6.21. The van der Waals surface area contributed by atoms with Crippen molar-refractivity contribution in [2.45, 2.75) is 36.6 Å². The third kappa shape index (κ3) is 4.72. The molecule has 198 valence electrons. The lowest BCUT2D eigenvalue weighted by Crippen LogP contribution is -2.43. The molecule has 2 amide bonds. The number of rotatable bonds is 4. The molecule has 0 saturated carbocycles. The van der Waals surface area contributed by atoms with Gasteiger partial charge in [-0.3, -0.25) is 4.79 Å². The van der Waals surface area contributed by atoms with Gasteiger partial charge in [-0.1, -0.05) is 30.7 Å². The molecule has 0 atom stereocenters. The average molecular weight is 558 g/mol. The third-order valence-corrected chi connectivity index (χ3v) is 8.68. The molecule has 3 aromatic rings. The van der Waals surface area contributed by atoms with Crippen molar-refractivity contribution in [2.75, 3.05) is 18.0 Å². The molecule has 2 aliphatic heterocycles. The van der Waals surface area contributed by atoms with Crippen LogP contribution in [0.4, 0.5) is 10.5 Å². The van der Waals surface area contributed by atoms with Crippen LogP contribution in [0.5, 0.6) is 0 Å². The fourth-order valence-electron chi connectivity index (χ4n) is 4.57. The van der Waals surface area contributed by atoms with E-state index in [2.05, 4.69) is 10.2 Å². The molecule has 0 spiro atoms. The SMILES string of the molecule is CC1(c2nnc(-c3ccc4c(c3)N(Cc3ccc(Cl)cc3)C(=O)C(N)=CS4(=O)=O)o2)CCN(C(=O)O)CC1. The number of fused-ring (bicyclic) bond motifs is 1. The Morgan fingerprint density at radius 2 is 1.84 bits per heavy atom. The maximum atomic E-state index is 13.2. The third-order valence-electron chi connectivity index (χ3n) is 6.91. The Morgan fingerprint density at radius 1 is 1.16 bits per heavy atom. The van der Waals surface area contributed by atoms with Crippen molar-refractivity contribution in [2.24, 2.45) is 5.73 Å². The van der Waals surface area contributed by atoms with Crippen LogP contribution in [0.25, 0.3) is 11.5 Å². The van der Waals surface area contributed by atoms with Crippen LogP contribution in [0, 0.1) is 0 Å². The fourth-order valence-corrected chi connectivity index (χ4v) is 5.97. The molecule has 1 saturated heterocycles. The maximum absolute atomic E-state index is 13.2. The second-order valence-electron chi connectivity index (χ2n) is 9.56. The lowest BCUT2D eigenvalue weighted by molar-refractivity contribution is -0.115. The minimum Gasteiger partial charge on any atom is -0.465 e. The standard InChI is InChI=1S/C25H24ClN5O6S/c1-25(8-10-30(11-9-25)24(33)34)23-29-28-21(37-23)16-4-7-20-19(12-16)31(13-15-2-5-17(26)6-3-15)22(32)18(27)14-38(20,35)36/h2-7,12,14H,8-11,13,27H2,1H3,(H,33,34). The van der Waals surface area contributed by atoms with Crippen molar-refractivity contribution in [3.05, 3.63) is 70.0 Å². The number of carbonyl (C=O) groups is 2. The van der Waals surface area contributed by atoms with Gasteiger partial charge in [0.25, 0.3) is 5.91 Å². The first-order chi connectivity index (χ1) is 18.0. The molecule has 5 rings (SSSR count). The van der Waals surface area contributed by atoms with Crippen LogP contribution in [0.1, 0.15) is 31.2 Å². The van der Waals surface area contributed by atoms with Gasteiger partial charge in [0.1, 0.15) is 5.70 Å². The van der Waals surface area contributed by atoms with Gasteiger partial charge in [-0.2, -0.15) is 0 Å². The average Bonchev–Trinajstić information content (AvgIpc) is 3.37. The summed E-state index contributed by atoms with van der Waals surface area (Å²) in [5.74, 6) is -0.158. The van der Waals surface area contributed by atoms with Crippen LogP contribution in [0.2, 0.25) is 5.02 Å². The number of carboxylic acid groups (broad SMARTS) is 1. The molecule has 3 heterocycles. The molecule has 1 fully saturated rings. The van der Waals surface area contributed by atoms with E-state index in [4.69, 9.17) is 21.8 Å². The summed E-state index contributed by atoms with van der Waals surface area (Å²) < 4.78 is 32.0. The smallest absolute Gasteiger partial charge is 0.407 e. The summed E-state index contributed by atoms with van der Waals surface area (Å²) in [7, 11) is -4.02. The van der Waals surface area contributed by atoms with Gasteiger partial charge in [0.15, 0.2) is 0 Å². The number of anilines is 1. The van der Waals surface area contributed by atoms with Gasteiger partial charge in [-0.25, -0.2) is 13.2 Å². The predicted octanol–water partition coefficient (Wildman–Crippen LogP) is 3.54. The normalized spacial score (nSPS) is 18.5. The van der Waals surface area contributed by atoms with Crippen LogP contribution in [0.3, 0.4) is 0 Å². The van der Waals surface area contributed by atoms with Crippen LogP contribution in [0.15, 0.2) is 62.9 Å². The summed E-state index contributed by atoms with van der Waals surface area (Å²) >= 11 is 5.99. The Hall–Kier alpha value is -3.90. The highest BCUT2D eigenvalue weighted by molar-refractivity contribution is 7.94. The highest BCUT2D eigenvalue weighted by Gasteiger charge is 2.38. The number of carbonyl (C=O) groups excluding carboxylic acids is 1. The molecule has 1 aromatic heterocycles. The van der Waals surface area contributed by atoms with Gasteiger partial charge in [-0.05, 0) is 48.7 Å². The highest BCUT2D eigenvalue weighted by Crippen LogP contribution is 2.38. The molecule has 0 bridgehead atoms. The molecule has 38 heavy (non-hydrogen) atoms. The number of aromatic nitrogens is 2. The number of nitrogens with zero attached hydrogens (tertiary/aromatic N) is 4. The Bertz CT molecular complexity index is 1560. The van der Waals surface area contributed by atoms with Crippen LogP contribution in [-0.2, 0) is 26.6 Å². The Labute approximate surface area is 223 Å². The summed E-state index contributed by atoms with van der Waals surface area (Å²) in [6.45, 7) is 2.67. The van der Waals surface area contributed by atoms with E-state index in [1.54, 1.807) is 24.3 Å². The Morgan fingerprint density at radius 3 is 2.50 bits per heavy atom. The van der Waals surface area contributed by atoms with E-state index in [1.165, 1.54) is 28.0 Å². The molecule has 2 aromatic carbocycles. The second kappa shape index (κ2) is 9.44. The molecule has 2 aliphatic rings. The van der Waals surface area contributed by atoms with Gasteiger partial charge >= 0.3 is 6.09 Å². The van der Waals surface area contributed by atoms with Crippen LogP contribution >= 0.6 is 11.6 Å². The van der Waals surface area contributed by atoms with Crippen molar-refractivity contribution < 1.29 is 27.5 Å². The molecule has 0 radical (unpaired) electrons. The van der Waals surface area contributed by atoms with E-state index >= 15 is 0 Å². The zero-order valence-electron chi connectivity index (χ0n) is 20.3. The van der Waals surface area contributed by atoms with E-state index in [9.17, 15) is 23.1 Å². The fraction of sp³-hybridized carbons (Fsp3) is 0.280. The van der Waals surface area contributed by atoms with Gasteiger partial charge in [0.2, 0.25) is 21.6 Å².